The number of hydrogen-bond acceptors (Lipinski definition) is 3. The van der Waals surface area contributed by atoms with Crippen molar-refractivity contribution in [3.05, 3.63) is 0 Å². The van der Waals surface area contributed by atoms with Gasteiger partial charge in [-0.25, -0.2) is 4.39 Å². The fourth-order valence-electron chi connectivity index (χ4n) is 0.667. The minimum Gasteiger partial charge on any atom is -0.466 e. The van der Waals surface area contributed by atoms with Crippen molar-refractivity contribution in [1.29, 1.82) is 0 Å². The zero-order valence-corrected chi connectivity index (χ0v) is 8.15. The van der Waals surface area contributed by atoms with Crippen molar-refractivity contribution < 1.29 is 31.9 Å². The van der Waals surface area contributed by atoms with Gasteiger partial charge in [-0.2, -0.15) is 13.2 Å². The van der Waals surface area contributed by atoms with Gasteiger partial charge in [0.15, 0.2) is 5.78 Å². The minimum absolute atomic E-state index is 0.0779. The maximum absolute atomic E-state index is 12.9. The summed E-state index contributed by atoms with van der Waals surface area (Å²) in [5.74, 6) is -3.02. The summed E-state index contributed by atoms with van der Waals surface area (Å²) in [4.78, 5) is 21.5. The Kier molecular flexibility index (Phi) is 4.24. The molecule has 0 aromatic carbocycles. The van der Waals surface area contributed by atoms with E-state index in [0.29, 0.717) is 0 Å². The number of halogens is 4. The smallest absolute Gasteiger partial charge is 0.429 e. The topological polar surface area (TPSA) is 43.4 Å². The first-order valence-electron chi connectivity index (χ1n) is 4.07. The predicted octanol–water partition coefficient (Wildman–Crippen LogP) is 1.80. The summed E-state index contributed by atoms with van der Waals surface area (Å²) in [6.07, 6.45) is -6.54. The lowest BCUT2D eigenvalue weighted by Gasteiger charge is -2.21. The summed E-state index contributed by atoms with van der Waals surface area (Å²) in [5, 5.41) is 0. The fraction of sp³-hybridized carbons (Fsp3) is 0.750. The van der Waals surface area contributed by atoms with E-state index in [0.717, 1.165) is 0 Å². The molecular weight excluding hydrogens is 220 g/mol. The van der Waals surface area contributed by atoms with Crippen LogP contribution in [0.5, 0.6) is 0 Å². The number of Topliss-reactive ketones (excluding diaryl/α,β-unsaturated/α-hetero) is 1. The molecule has 0 amide bonds. The molecule has 0 rings (SSSR count). The first-order chi connectivity index (χ1) is 6.63. The van der Waals surface area contributed by atoms with Crippen LogP contribution >= 0.6 is 0 Å². The van der Waals surface area contributed by atoms with E-state index >= 15 is 0 Å². The fourth-order valence-corrected chi connectivity index (χ4v) is 0.667. The number of hydrogen-bond donors (Lipinski definition) is 0. The van der Waals surface area contributed by atoms with Gasteiger partial charge in [0.1, 0.15) is 6.42 Å². The van der Waals surface area contributed by atoms with Gasteiger partial charge in [0.25, 0.3) is 5.67 Å². The maximum atomic E-state index is 12.9. The van der Waals surface area contributed by atoms with Crippen LogP contribution in [0.2, 0.25) is 0 Å². The summed E-state index contributed by atoms with van der Waals surface area (Å²) in [5.41, 5.74) is -4.01. The monoisotopic (exact) mass is 230 g/mol. The largest absolute Gasteiger partial charge is 0.466 e. The highest BCUT2D eigenvalue weighted by Crippen LogP contribution is 2.35. The molecule has 0 saturated heterocycles. The van der Waals surface area contributed by atoms with Gasteiger partial charge in [-0.3, -0.25) is 9.59 Å². The molecule has 0 aliphatic carbocycles. The van der Waals surface area contributed by atoms with Crippen LogP contribution in [0.25, 0.3) is 0 Å². The molecule has 7 heteroatoms. The van der Waals surface area contributed by atoms with Crippen molar-refractivity contribution in [3.8, 4) is 0 Å². The minimum atomic E-state index is -5.32. The van der Waals surface area contributed by atoms with E-state index in [9.17, 15) is 27.2 Å². The van der Waals surface area contributed by atoms with Gasteiger partial charge >= 0.3 is 12.1 Å². The first-order valence-corrected chi connectivity index (χ1v) is 4.07. The molecule has 1 atom stereocenters. The van der Waals surface area contributed by atoms with Gasteiger partial charge in [-0.05, 0) is 13.8 Å². The Labute approximate surface area is 83.4 Å². The lowest BCUT2D eigenvalue weighted by molar-refractivity contribution is -0.220. The third-order valence-electron chi connectivity index (χ3n) is 1.67. The van der Waals surface area contributed by atoms with Gasteiger partial charge in [0, 0.05) is 0 Å². The Hall–Kier alpha value is -1.14. The van der Waals surface area contributed by atoms with Crippen molar-refractivity contribution in [3.63, 3.8) is 0 Å². The first kappa shape index (κ1) is 13.9. The van der Waals surface area contributed by atoms with Crippen molar-refractivity contribution >= 4 is 11.8 Å². The maximum Gasteiger partial charge on any atom is 0.429 e. The van der Waals surface area contributed by atoms with Crippen LogP contribution in [0.15, 0.2) is 0 Å². The van der Waals surface area contributed by atoms with Gasteiger partial charge in [0.05, 0.1) is 6.61 Å². The van der Waals surface area contributed by atoms with Crippen molar-refractivity contribution in [1.82, 2.24) is 0 Å². The molecule has 0 heterocycles. The van der Waals surface area contributed by atoms with Crippen LogP contribution in [0.3, 0.4) is 0 Å². The molecule has 3 nitrogen and oxygen atoms in total. The average molecular weight is 230 g/mol. The standard InChI is InChI=1S/C8H10F4O3/c1-3-15-6(14)4-5(13)7(2,9)8(10,11)12/h3-4H2,1-2H3. The second kappa shape index (κ2) is 4.59. The van der Waals surface area contributed by atoms with Crippen LogP contribution in [0, 0.1) is 0 Å². The van der Waals surface area contributed by atoms with Gasteiger partial charge in [-0.15, -0.1) is 0 Å². The Balaban J connectivity index is 4.52. The van der Waals surface area contributed by atoms with Gasteiger partial charge in [0.2, 0.25) is 0 Å². The summed E-state index contributed by atoms with van der Waals surface area (Å²) in [7, 11) is 0. The molecule has 0 radical (unpaired) electrons. The van der Waals surface area contributed by atoms with Crippen molar-refractivity contribution in [2.24, 2.45) is 0 Å². The van der Waals surface area contributed by atoms with Crippen molar-refractivity contribution in [2.75, 3.05) is 6.61 Å². The number of esters is 1. The van der Waals surface area contributed by atoms with Crippen LogP contribution in [0.4, 0.5) is 17.6 Å². The SMILES string of the molecule is CCOC(=O)CC(=O)C(C)(F)C(F)(F)F. The zero-order valence-electron chi connectivity index (χ0n) is 8.15. The third-order valence-corrected chi connectivity index (χ3v) is 1.67. The van der Waals surface area contributed by atoms with Gasteiger partial charge in [-0.1, -0.05) is 0 Å². The number of alkyl halides is 4. The quantitative estimate of drug-likeness (QED) is 0.420. The Bertz CT molecular complexity index is 257. The molecule has 0 N–H and O–H groups in total. The highest BCUT2D eigenvalue weighted by Gasteiger charge is 2.57. The molecule has 0 aliphatic heterocycles. The molecule has 0 aromatic rings. The molecule has 0 aliphatic rings. The molecule has 0 bridgehead atoms. The number of rotatable bonds is 4. The molecule has 0 aromatic heterocycles. The number of carbonyl (C=O) groups is 2. The van der Waals surface area contributed by atoms with E-state index in [-0.39, 0.29) is 13.5 Å². The second-order valence-corrected chi connectivity index (χ2v) is 2.91. The molecule has 0 spiro atoms. The van der Waals surface area contributed by atoms with Crippen LogP contribution in [-0.4, -0.2) is 30.2 Å². The van der Waals surface area contributed by atoms with E-state index < -0.39 is 30.0 Å². The average Bonchev–Trinajstić information content (AvgIpc) is 2.02. The lowest BCUT2D eigenvalue weighted by atomic mass is 10.00. The van der Waals surface area contributed by atoms with Gasteiger partial charge < -0.3 is 4.74 Å². The Morgan fingerprint density at radius 1 is 1.20 bits per heavy atom. The summed E-state index contributed by atoms with van der Waals surface area (Å²) < 4.78 is 53.1. The summed E-state index contributed by atoms with van der Waals surface area (Å²) in [6, 6.07) is 0. The van der Waals surface area contributed by atoms with Crippen LogP contribution in [-0.2, 0) is 14.3 Å². The number of ketones is 1. The normalized spacial score (nSPS) is 15.6. The third kappa shape index (κ3) is 3.49. The highest BCUT2D eigenvalue weighted by molar-refractivity contribution is 6.00. The molecule has 88 valence electrons. The number of ether oxygens (including phenoxy) is 1. The summed E-state index contributed by atoms with van der Waals surface area (Å²) >= 11 is 0. The lowest BCUT2D eigenvalue weighted by Crippen LogP contribution is -2.46. The van der Waals surface area contributed by atoms with Crippen LogP contribution in [0.1, 0.15) is 20.3 Å². The summed E-state index contributed by atoms with van der Waals surface area (Å²) in [6.45, 7) is 1.41. The molecule has 15 heavy (non-hydrogen) atoms. The highest BCUT2D eigenvalue weighted by atomic mass is 19.4. The van der Waals surface area contributed by atoms with E-state index in [1.165, 1.54) is 6.92 Å². The zero-order chi connectivity index (χ0) is 12.3. The van der Waals surface area contributed by atoms with E-state index in [1.54, 1.807) is 0 Å². The molecular formula is C8H10F4O3. The second-order valence-electron chi connectivity index (χ2n) is 2.91. The Morgan fingerprint density at radius 2 is 1.67 bits per heavy atom. The van der Waals surface area contributed by atoms with E-state index in [1.807, 2.05) is 0 Å². The van der Waals surface area contributed by atoms with Crippen molar-refractivity contribution in [2.45, 2.75) is 32.1 Å². The van der Waals surface area contributed by atoms with E-state index in [2.05, 4.69) is 4.74 Å². The number of carbonyl (C=O) groups excluding carboxylic acids is 2. The van der Waals surface area contributed by atoms with E-state index in [4.69, 9.17) is 0 Å². The predicted molar refractivity (Wildman–Crippen MR) is 41.8 cm³/mol. The molecule has 1 unspecified atom stereocenters. The Morgan fingerprint density at radius 3 is 2.00 bits per heavy atom. The van der Waals surface area contributed by atoms with Crippen LogP contribution < -0.4 is 0 Å². The molecule has 0 saturated carbocycles. The molecule has 0 fully saturated rings.